The van der Waals surface area contributed by atoms with Gasteiger partial charge in [-0.25, -0.2) is 17.9 Å². The molecule has 0 fully saturated rings. The number of carbonyl (C=O) groups excluding carboxylic acids is 1. The van der Waals surface area contributed by atoms with Crippen LogP contribution in [0.15, 0.2) is 9.31 Å². The number of nitrogens with two attached hydrogens (primary N) is 1. The Balaban J connectivity index is 0.00000400. The molecule has 1 aromatic rings. The van der Waals surface area contributed by atoms with E-state index < -0.39 is 21.5 Å². The van der Waals surface area contributed by atoms with Crippen LogP contribution in [0.5, 0.6) is 0 Å². The summed E-state index contributed by atoms with van der Waals surface area (Å²) in [5.41, 5.74) is 4.94. The maximum absolute atomic E-state index is 12.3. The summed E-state index contributed by atoms with van der Waals surface area (Å²) in [6, 6.07) is 0. The summed E-state index contributed by atoms with van der Waals surface area (Å²) in [6.07, 6.45) is 0. The van der Waals surface area contributed by atoms with Gasteiger partial charge < -0.3 is 14.9 Å². The predicted octanol–water partition coefficient (Wildman–Crippen LogP) is 1.12. The highest BCUT2D eigenvalue weighted by Gasteiger charge is 2.32. The molecule has 0 saturated heterocycles. The zero-order valence-electron chi connectivity index (χ0n) is 12.6. The van der Waals surface area contributed by atoms with Gasteiger partial charge in [-0.05, 0) is 27.7 Å². The lowest BCUT2D eigenvalue weighted by molar-refractivity contribution is 0.0595. The molecule has 0 aromatic carbocycles. The molecule has 0 atom stereocenters. The van der Waals surface area contributed by atoms with E-state index in [9.17, 15) is 13.2 Å². The number of aryl methyl sites for hydroxylation is 2. The van der Waals surface area contributed by atoms with Crippen LogP contribution in [-0.2, 0) is 14.8 Å². The lowest BCUT2D eigenvalue weighted by Crippen LogP contribution is -2.45. The van der Waals surface area contributed by atoms with Gasteiger partial charge in [0.1, 0.15) is 22.0 Å². The fraction of sp³-hybridized carbons (Fsp3) is 0.583. The Bertz CT molecular complexity index is 616. The molecule has 7 nitrogen and oxygen atoms in total. The SMILES string of the molecule is COC(=O)c1c(C)oc(C)c1S(=O)(=O)NCC(C)(C)N.Cl. The van der Waals surface area contributed by atoms with E-state index in [4.69, 9.17) is 10.2 Å². The van der Waals surface area contributed by atoms with Crippen molar-refractivity contribution in [2.45, 2.75) is 38.1 Å². The Morgan fingerprint density at radius 1 is 1.33 bits per heavy atom. The third-order valence-corrected chi connectivity index (χ3v) is 4.13. The third kappa shape index (κ3) is 4.70. The number of carbonyl (C=O) groups is 1. The van der Waals surface area contributed by atoms with Gasteiger partial charge in [-0.2, -0.15) is 0 Å². The van der Waals surface area contributed by atoms with Gasteiger partial charge >= 0.3 is 5.97 Å². The lowest BCUT2D eigenvalue weighted by Gasteiger charge is -2.19. The molecular formula is C12H21ClN2O5S. The maximum Gasteiger partial charge on any atom is 0.342 e. The minimum absolute atomic E-state index is 0. The molecule has 122 valence electrons. The summed E-state index contributed by atoms with van der Waals surface area (Å²) in [6.45, 7) is 6.38. The molecule has 0 radical (unpaired) electrons. The largest absolute Gasteiger partial charge is 0.465 e. The fourth-order valence-electron chi connectivity index (χ4n) is 1.68. The van der Waals surface area contributed by atoms with Gasteiger partial charge in [0, 0.05) is 12.1 Å². The van der Waals surface area contributed by atoms with Crippen LogP contribution in [0.1, 0.15) is 35.7 Å². The number of rotatable bonds is 5. The van der Waals surface area contributed by atoms with Crippen molar-refractivity contribution in [3.63, 3.8) is 0 Å². The van der Waals surface area contributed by atoms with Gasteiger partial charge in [-0.1, -0.05) is 0 Å². The number of ether oxygens (including phenoxy) is 1. The molecule has 21 heavy (non-hydrogen) atoms. The van der Waals surface area contributed by atoms with E-state index in [2.05, 4.69) is 9.46 Å². The number of nitrogens with one attached hydrogen (secondary N) is 1. The second-order valence-corrected chi connectivity index (χ2v) is 6.93. The molecule has 0 unspecified atom stereocenters. The van der Waals surface area contributed by atoms with E-state index >= 15 is 0 Å². The van der Waals surface area contributed by atoms with Crippen LogP contribution in [0, 0.1) is 13.8 Å². The van der Waals surface area contributed by atoms with E-state index in [0.29, 0.717) is 0 Å². The van der Waals surface area contributed by atoms with Crippen molar-refractivity contribution in [2.24, 2.45) is 5.73 Å². The smallest absolute Gasteiger partial charge is 0.342 e. The number of halogens is 1. The molecule has 0 aliphatic heterocycles. The molecule has 0 saturated carbocycles. The molecule has 0 spiro atoms. The van der Waals surface area contributed by atoms with E-state index in [1.165, 1.54) is 21.0 Å². The lowest BCUT2D eigenvalue weighted by atomic mass is 10.1. The molecule has 0 aliphatic rings. The number of esters is 1. The average Bonchev–Trinajstić information content (AvgIpc) is 2.60. The first kappa shape index (κ1) is 19.9. The highest BCUT2D eigenvalue weighted by molar-refractivity contribution is 7.89. The van der Waals surface area contributed by atoms with Gasteiger partial charge in [0.25, 0.3) is 0 Å². The third-order valence-electron chi connectivity index (χ3n) is 2.58. The minimum Gasteiger partial charge on any atom is -0.465 e. The summed E-state index contributed by atoms with van der Waals surface area (Å²) in [4.78, 5) is 11.5. The number of hydrogen-bond acceptors (Lipinski definition) is 6. The Morgan fingerprint density at radius 2 is 1.86 bits per heavy atom. The summed E-state index contributed by atoms with van der Waals surface area (Å²) < 4.78 is 36.8. The van der Waals surface area contributed by atoms with Crippen LogP contribution in [0.2, 0.25) is 0 Å². The van der Waals surface area contributed by atoms with Crippen LogP contribution in [0.3, 0.4) is 0 Å². The highest BCUT2D eigenvalue weighted by Crippen LogP contribution is 2.27. The van der Waals surface area contributed by atoms with Crippen molar-refractivity contribution in [2.75, 3.05) is 13.7 Å². The van der Waals surface area contributed by atoms with Crippen molar-refractivity contribution in [1.29, 1.82) is 0 Å². The monoisotopic (exact) mass is 340 g/mol. The van der Waals surface area contributed by atoms with Crippen molar-refractivity contribution in [1.82, 2.24) is 4.72 Å². The summed E-state index contributed by atoms with van der Waals surface area (Å²) in [5, 5.41) is 0. The Morgan fingerprint density at radius 3 is 2.29 bits per heavy atom. The molecule has 3 N–H and O–H groups in total. The van der Waals surface area contributed by atoms with Crippen LogP contribution in [0.4, 0.5) is 0 Å². The van der Waals surface area contributed by atoms with Crippen LogP contribution in [-0.4, -0.2) is 33.6 Å². The second-order valence-electron chi connectivity index (χ2n) is 5.22. The van der Waals surface area contributed by atoms with Gasteiger partial charge in [-0.15, -0.1) is 12.4 Å². The average molecular weight is 341 g/mol. The Hall–Kier alpha value is -1.09. The van der Waals surface area contributed by atoms with E-state index in [1.54, 1.807) is 13.8 Å². The Kier molecular flexibility index (Phi) is 6.43. The van der Waals surface area contributed by atoms with Crippen molar-refractivity contribution >= 4 is 28.4 Å². The van der Waals surface area contributed by atoms with Crippen molar-refractivity contribution < 1.29 is 22.4 Å². The predicted molar refractivity (Wildman–Crippen MR) is 80.2 cm³/mol. The van der Waals surface area contributed by atoms with Crippen molar-refractivity contribution in [3.8, 4) is 0 Å². The van der Waals surface area contributed by atoms with E-state index in [0.717, 1.165) is 0 Å². The molecule has 9 heteroatoms. The number of sulfonamides is 1. The highest BCUT2D eigenvalue weighted by atomic mass is 35.5. The molecule has 1 heterocycles. The molecular weight excluding hydrogens is 320 g/mol. The zero-order valence-corrected chi connectivity index (χ0v) is 14.3. The normalized spacial score (nSPS) is 11.9. The van der Waals surface area contributed by atoms with Gasteiger partial charge in [0.2, 0.25) is 10.0 Å². The Labute approximate surface area is 130 Å². The van der Waals surface area contributed by atoms with Gasteiger partial charge in [-0.3, -0.25) is 0 Å². The summed E-state index contributed by atoms with van der Waals surface area (Å²) >= 11 is 0. The molecule has 0 amide bonds. The molecule has 1 aromatic heterocycles. The summed E-state index contributed by atoms with van der Waals surface area (Å²) in [5.74, 6) is -0.432. The van der Waals surface area contributed by atoms with E-state index in [-0.39, 0.29) is 40.9 Å². The van der Waals surface area contributed by atoms with Gasteiger partial charge in [0.15, 0.2) is 0 Å². The van der Waals surface area contributed by atoms with Crippen molar-refractivity contribution in [3.05, 3.63) is 17.1 Å². The summed E-state index contributed by atoms with van der Waals surface area (Å²) in [7, 11) is -2.74. The zero-order chi connectivity index (χ0) is 15.7. The topological polar surface area (TPSA) is 112 Å². The first-order chi connectivity index (χ1) is 8.99. The standard InChI is InChI=1S/C12H20N2O5S.ClH/c1-7-9(11(15)18-5)10(8(2)19-7)20(16,17)14-6-12(3,4)13;/h14H,6,13H2,1-5H3;1H. The van der Waals surface area contributed by atoms with Gasteiger partial charge in [0.05, 0.1) is 7.11 Å². The molecule has 0 aliphatic carbocycles. The maximum atomic E-state index is 12.3. The fourth-order valence-corrected chi connectivity index (χ4v) is 3.30. The quantitative estimate of drug-likeness (QED) is 0.777. The second kappa shape index (κ2) is 6.78. The number of furan rings is 1. The van der Waals surface area contributed by atoms with E-state index in [1.807, 2.05) is 0 Å². The first-order valence-corrected chi connectivity index (χ1v) is 7.45. The van der Waals surface area contributed by atoms with Crippen LogP contribution < -0.4 is 10.5 Å². The minimum atomic E-state index is -3.91. The molecule has 1 rings (SSSR count). The number of hydrogen-bond donors (Lipinski definition) is 2. The van der Waals surface area contributed by atoms with Crippen LogP contribution >= 0.6 is 12.4 Å². The first-order valence-electron chi connectivity index (χ1n) is 5.96. The van der Waals surface area contributed by atoms with Crippen LogP contribution in [0.25, 0.3) is 0 Å². The molecule has 0 bridgehead atoms. The number of methoxy groups -OCH3 is 1.